The molecule has 0 radical (unpaired) electrons. The summed E-state index contributed by atoms with van der Waals surface area (Å²) in [7, 11) is 3.97. The molecule has 6 nitrogen and oxygen atoms in total. The summed E-state index contributed by atoms with van der Waals surface area (Å²) in [4.78, 5) is 21.9. The Hall–Kier alpha value is -1.18. The minimum absolute atomic E-state index is 0.0884. The Bertz CT molecular complexity index is 472. The smallest absolute Gasteiger partial charge is 0.303 e. The fourth-order valence-electron chi connectivity index (χ4n) is 2.39. The van der Waals surface area contributed by atoms with Crippen LogP contribution in [0, 0.1) is 0 Å². The zero-order valence-corrected chi connectivity index (χ0v) is 13.5. The Morgan fingerprint density at radius 3 is 2.67 bits per heavy atom. The van der Waals surface area contributed by atoms with Crippen LogP contribution in [0.1, 0.15) is 20.3 Å². The first-order valence-electron chi connectivity index (χ1n) is 6.90. The SMILES string of the molecule is CC(=O)O[C@H]1C(Sc2ncccn2)O[C@H](C)C[C@@H]1N(C)C. The average Bonchev–Trinajstić information content (AvgIpc) is 2.42. The molecule has 4 atom stereocenters. The van der Waals surface area contributed by atoms with Gasteiger partial charge in [0.15, 0.2) is 11.3 Å². The highest BCUT2D eigenvalue weighted by molar-refractivity contribution is 7.99. The van der Waals surface area contributed by atoms with Crippen LogP contribution in [0.4, 0.5) is 0 Å². The van der Waals surface area contributed by atoms with Crippen LogP contribution in [0.3, 0.4) is 0 Å². The third-order valence-electron chi connectivity index (χ3n) is 3.32. The fourth-order valence-corrected chi connectivity index (χ4v) is 3.46. The number of nitrogens with zero attached hydrogens (tertiary/aromatic N) is 3. The molecule has 0 spiro atoms. The van der Waals surface area contributed by atoms with E-state index < -0.39 is 0 Å². The van der Waals surface area contributed by atoms with E-state index in [-0.39, 0.29) is 29.7 Å². The Morgan fingerprint density at radius 2 is 2.10 bits per heavy atom. The van der Waals surface area contributed by atoms with E-state index >= 15 is 0 Å². The van der Waals surface area contributed by atoms with Crippen LogP contribution in [0.15, 0.2) is 23.6 Å². The normalized spacial score (nSPS) is 29.4. The number of likely N-dealkylation sites (N-methyl/N-ethyl adjacent to an activating group) is 1. The summed E-state index contributed by atoms with van der Waals surface area (Å²) in [6.07, 6.45) is 3.93. The summed E-state index contributed by atoms with van der Waals surface area (Å²) in [6, 6.07) is 1.87. The molecule has 1 saturated heterocycles. The van der Waals surface area contributed by atoms with Gasteiger partial charge in [-0.3, -0.25) is 4.79 Å². The quantitative estimate of drug-likeness (QED) is 0.617. The number of esters is 1. The minimum Gasteiger partial charge on any atom is -0.457 e. The van der Waals surface area contributed by atoms with E-state index in [2.05, 4.69) is 14.9 Å². The first-order chi connectivity index (χ1) is 9.97. The van der Waals surface area contributed by atoms with Gasteiger partial charge >= 0.3 is 5.97 Å². The first kappa shape index (κ1) is 16.2. The van der Waals surface area contributed by atoms with Gasteiger partial charge in [0.2, 0.25) is 0 Å². The molecule has 1 aliphatic rings. The van der Waals surface area contributed by atoms with Crippen LogP contribution in [-0.4, -0.2) is 58.6 Å². The monoisotopic (exact) mass is 311 g/mol. The molecule has 2 heterocycles. The molecular weight excluding hydrogens is 290 g/mol. The topological polar surface area (TPSA) is 64.5 Å². The highest BCUT2D eigenvalue weighted by Gasteiger charge is 2.41. The molecule has 0 aliphatic carbocycles. The van der Waals surface area contributed by atoms with Crippen LogP contribution >= 0.6 is 11.8 Å². The van der Waals surface area contributed by atoms with Crippen molar-refractivity contribution in [3.63, 3.8) is 0 Å². The van der Waals surface area contributed by atoms with Gasteiger partial charge in [0, 0.05) is 19.3 Å². The van der Waals surface area contributed by atoms with Crippen molar-refractivity contribution in [1.29, 1.82) is 0 Å². The standard InChI is InChI=1S/C14H21N3O3S/c1-9-8-11(17(3)4)12(20-10(2)18)13(19-9)21-14-15-6-5-7-16-14/h5-7,9,11-13H,8H2,1-4H3/t9-,11+,12-,13?/m1/s1. The third-order valence-corrected chi connectivity index (χ3v) is 4.35. The number of rotatable bonds is 4. The summed E-state index contributed by atoms with van der Waals surface area (Å²) in [6.45, 7) is 3.45. The van der Waals surface area contributed by atoms with E-state index in [4.69, 9.17) is 9.47 Å². The number of thioether (sulfide) groups is 1. The summed E-state index contributed by atoms with van der Waals surface area (Å²) in [5.74, 6) is -0.301. The average molecular weight is 311 g/mol. The second kappa shape index (κ2) is 7.20. The Labute approximate surface area is 129 Å². The second-order valence-corrected chi connectivity index (χ2v) is 6.37. The van der Waals surface area contributed by atoms with E-state index in [0.717, 1.165) is 6.42 Å². The lowest BCUT2D eigenvalue weighted by Gasteiger charge is -2.42. The molecule has 0 bridgehead atoms. The molecule has 1 aliphatic heterocycles. The first-order valence-corrected chi connectivity index (χ1v) is 7.78. The molecule has 1 fully saturated rings. The van der Waals surface area contributed by atoms with Crippen molar-refractivity contribution in [3.8, 4) is 0 Å². The minimum atomic E-state index is -0.345. The van der Waals surface area contributed by atoms with Crippen molar-refractivity contribution in [2.45, 2.75) is 49.1 Å². The highest BCUT2D eigenvalue weighted by Crippen LogP contribution is 2.34. The number of hydrogen-bond donors (Lipinski definition) is 0. The van der Waals surface area contributed by atoms with Crippen LogP contribution in [0.5, 0.6) is 0 Å². The number of carbonyl (C=O) groups excluding carboxylic acids is 1. The van der Waals surface area contributed by atoms with E-state index in [1.807, 2.05) is 21.0 Å². The van der Waals surface area contributed by atoms with Gasteiger partial charge in [-0.05, 0) is 33.5 Å². The van der Waals surface area contributed by atoms with Crippen LogP contribution in [0.25, 0.3) is 0 Å². The Morgan fingerprint density at radius 1 is 1.43 bits per heavy atom. The molecule has 0 aromatic carbocycles. The van der Waals surface area contributed by atoms with Crippen molar-refractivity contribution in [3.05, 3.63) is 18.5 Å². The molecule has 0 amide bonds. The highest BCUT2D eigenvalue weighted by atomic mass is 32.2. The maximum atomic E-state index is 11.4. The maximum Gasteiger partial charge on any atom is 0.303 e. The number of carbonyl (C=O) groups is 1. The fraction of sp³-hybridized carbons (Fsp3) is 0.643. The van der Waals surface area contributed by atoms with Gasteiger partial charge in [0.1, 0.15) is 5.44 Å². The molecular formula is C14H21N3O3S. The lowest BCUT2D eigenvalue weighted by Crippen LogP contribution is -2.53. The van der Waals surface area contributed by atoms with Gasteiger partial charge in [-0.15, -0.1) is 0 Å². The molecule has 0 N–H and O–H groups in total. The molecule has 1 aromatic rings. The van der Waals surface area contributed by atoms with E-state index in [0.29, 0.717) is 5.16 Å². The van der Waals surface area contributed by atoms with Crippen molar-refractivity contribution in [1.82, 2.24) is 14.9 Å². The van der Waals surface area contributed by atoms with Crippen LogP contribution in [-0.2, 0) is 14.3 Å². The molecule has 0 saturated carbocycles. The molecule has 116 valence electrons. The van der Waals surface area contributed by atoms with Gasteiger partial charge < -0.3 is 14.4 Å². The number of hydrogen-bond acceptors (Lipinski definition) is 7. The predicted octanol–water partition coefficient (Wildman–Crippen LogP) is 1.57. The Balaban J connectivity index is 2.19. The second-order valence-electron chi connectivity index (χ2n) is 5.31. The lowest BCUT2D eigenvalue weighted by atomic mass is 10.0. The summed E-state index contributed by atoms with van der Waals surface area (Å²) < 4.78 is 11.5. The summed E-state index contributed by atoms with van der Waals surface area (Å²) in [5.41, 5.74) is -0.313. The summed E-state index contributed by atoms with van der Waals surface area (Å²) in [5, 5.41) is 0.617. The van der Waals surface area contributed by atoms with Crippen molar-refractivity contribution in [2.75, 3.05) is 14.1 Å². The molecule has 1 unspecified atom stereocenters. The number of ether oxygens (including phenoxy) is 2. The van der Waals surface area contributed by atoms with Gasteiger partial charge in [0.05, 0.1) is 12.1 Å². The summed E-state index contributed by atoms with van der Waals surface area (Å²) >= 11 is 1.39. The van der Waals surface area contributed by atoms with Gasteiger partial charge in [0.25, 0.3) is 0 Å². The van der Waals surface area contributed by atoms with Crippen LogP contribution in [0.2, 0.25) is 0 Å². The lowest BCUT2D eigenvalue weighted by molar-refractivity contribution is -0.167. The largest absolute Gasteiger partial charge is 0.457 e. The molecule has 7 heteroatoms. The maximum absolute atomic E-state index is 11.4. The predicted molar refractivity (Wildman–Crippen MR) is 79.9 cm³/mol. The van der Waals surface area contributed by atoms with Gasteiger partial charge in [-0.25, -0.2) is 9.97 Å². The van der Waals surface area contributed by atoms with Crippen molar-refractivity contribution < 1.29 is 14.3 Å². The van der Waals surface area contributed by atoms with Crippen LogP contribution < -0.4 is 0 Å². The third kappa shape index (κ3) is 4.39. The van der Waals surface area contributed by atoms with Crippen molar-refractivity contribution in [2.24, 2.45) is 0 Å². The zero-order valence-electron chi connectivity index (χ0n) is 12.7. The van der Waals surface area contributed by atoms with E-state index in [1.54, 1.807) is 18.5 Å². The van der Waals surface area contributed by atoms with Crippen molar-refractivity contribution >= 4 is 17.7 Å². The van der Waals surface area contributed by atoms with E-state index in [9.17, 15) is 4.79 Å². The van der Waals surface area contributed by atoms with Gasteiger partial charge in [-0.2, -0.15) is 0 Å². The molecule has 2 rings (SSSR count). The molecule has 1 aromatic heterocycles. The van der Waals surface area contributed by atoms with Gasteiger partial charge in [-0.1, -0.05) is 11.8 Å². The zero-order chi connectivity index (χ0) is 15.4. The number of aromatic nitrogens is 2. The Kier molecular flexibility index (Phi) is 5.55. The van der Waals surface area contributed by atoms with E-state index in [1.165, 1.54) is 18.7 Å². The molecule has 21 heavy (non-hydrogen) atoms.